The van der Waals surface area contributed by atoms with E-state index in [1.807, 2.05) is 0 Å². The topological polar surface area (TPSA) is 26.0 Å². The first-order valence-corrected chi connectivity index (χ1v) is 3.89. The van der Waals surface area contributed by atoms with Gasteiger partial charge in [0, 0.05) is 6.04 Å². The molecule has 0 radical (unpaired) electrons. The SMILES string of the molecule is CC(N)Cc1cc(F)c(F)c(F)c1. The Kier molecular flexibility index (Phi) is 2.93. The van der Waals surface area contributed by atoms with Crippen molar-refractivity contribution in [2.24, 2.45) is 5.73 Å². The van der Waals surface area contributed by atoms with E-state index in [0.29, 0.717) is 12.0 Å². The van der Waals surface area contributed by atoms with Gasteiger partial charge in [-0.2, -0.15) is 0 Å². The lowest BCUT2D eigenvalue weighted by Gasteiger charge is -2.05. The Labute approximate surface area is 74.4 Å². The Hall–Kier alpha value is -1.03. The van der Waals surface area contributed by atoms with E-state index in [9.17, 15) is 13.2 Å². The van der Waals surface area contributed by atoms with Crippen molar-refractivity contribution in [3.05, 3.63) is 35.1 Å². The lowest BCUT2D eigenvalue weighted by atomic mass is 10.1. The fourth-order valence-corrected chi connectivity index (χ4v) is 1.10. The van der Waals surface area contributed by atoms with E-state index in [0.717, 1.165) is 12.1 Å². The lowest BCUT2D eigenvalue weighted by Crippen LogP contribution is -2.18. The fraction of sp³-hybridized carbons (Fsp3) is 0.333. The van der Waals surface area contributed by atoms with Gasteiger partial charge in [-0.05, 0) is 31.0 Å². The minimum absolute atomic E-state index is 0.204. The van der Waals surface area contributed by atoms with Crippen molar-refractivity contribution in [2.45, 2.75) is 19.4 Å². The van der Waals surface area contributed by atoms with Crippen LogP contribution in [0.3, 0.4) is 0 Å². The average Bonchev–Trinajstić information content (AvgIpc) is 1.98. The van der Waals surface area contributed by atoms with Crippen molar-refractivity contribution in [1.29, 1.82) is 0 Å². The quantitative estimate of drug-likeness (QED) is 0.707. The van der Waals surface area contributed by atoms with Crippen LogP contribution in [0.1, 0.15) is 12.5 Å². The van der Waals surface area contributed by atoms with Gasteiger partial charge in [-0.25, -0.2) is 13.2 Å². The number of hydrogen-bond acceptors (Lipinski definition) is 1. The maximum absolute atomic E-state index is 12.6. The van der Waals surface area contributed by atoms with Crippen molar-refractivity contribution in [2.75, 3.05) is 0 Å². The van der Waals surface area contributed by atoms with Crippen LogP contribution in [0.25, 0.3) is 0 Å². The average molecular weight is 189 g/mol. The monoisotopic (exact) mass is 189 g/mol. The summed E-state index contributed by atoms with van der Waals surface area (Å²) < 4.78 is 37.7. The van der Waals surface area contributed by atoms with E-state index in [4.69, 9.17) is 5.73 Å². The van der Waals surface area contributed by atoms with Gasteiger partial charge in [0.2, 0.25) is 0 Å². The van der Waals surface area contributed by atoms with Crippen molar-refractivity contribution in [3.63, 3.8) is 0 Å². The number of hydrogen-bond donors (Lipinski definition) is 1. The molecular weight excluding hydrogens is 179 g/mol. The smallest absolute Gasteiger partial charge is 0.194 e. The van der Waals surface area contributed by atoms with E-state index >= 15 is 0 Å². The Morgan fingerprint density at radius 3 is 2.08 bits per heavy atom. The second-order valence-electron chi connectivity index (χ2n) is 3.05. The molecule has 4 heteroatoms. The van der Waals surface area contributed by atoms with Crippen molar-refractivity contribution >= 4 is 0 Å². The van der Waals surface area contributed by atoms with Gasteiger partial charge in [0.25, 0.3) is 0 Å². The maximum atomic E-state index is 12.6. The highest BCUT2D eigenvalue weighted by molar-refractivity contribution is 5.20. The standard InChI is InChI=1S/C9H10F3N/c1-5(13)2-6-3-7(10)9(12)8(11)4-6/h3-5H,2,13H2,1H3. The van der Waals surface area contributed by atoms with Crippen LogP contribution in [0.2, 0.25) is 0 Å². The first kappa shape index (κ1) is 10.1. The Morgan fingerprint density at radius 2 is 1.69 bits per heavy atom. The summed E-state index contributed by atoms with van der Waals surface area (Å²) in [4.78, 5) is 0. The number of nitrogens with two attached hydrogens (primary N) is 1. The zero-order chi connectivity index (χ0) is 10.0. The highest BCUT2D eigenvalue weighted by atomic mass is 19.2. The molecule has 0 amide bonds. The van der Waals surface area contributed by atoms with Crippen molar-refractivity contribution < 1.29 is 13.2 Å². The molecule has 0 aromatic heterocycles. The number of benzene rings is 1. The third-order valence-electron chi connectivity index (χ3n) is 1.60. The lowest BCUT2D eigenvalue weighted by molar-refractivity contribution is 0.444. The van der Waals surface area contributed by atoms with Crippen LogP contribution in [-0.4, -0.2) is 6.04 Å². The largest absolute Gasteiger partial charge is 0.328 e. The summed E-state index contributed by atoms with van der Waals surface area (Å²) in [6, 6.07) is 1.72. The Balaban J connectivity index is 2.99. The third kappa shape index (κ3) is 2.45. The van der Waals surface area contributed by atoms with Crippen molar-refractivity contribution in [1.82, 2.24) is 0 Å². The van der Waals surface area contributed by atoms with Crippen LogP contribution in [0, 0.1) is 17.5 Å². The van der Waals surface area contributed by atoms with Gasteiger partial charge in [0.15, 0.2) is 17.5 Å². The minimum atomic E-state index is -1.44. The molecule has 0 aliphatic heterocycles. The summed E-state index contributed by atoms with van der Waals surface area (Å²) in [6.45, 7) is 1.71. The Morgan fingerprint density at radius 1 is 1.23 bits per heavy atom. The second-order valence-corrected chi connectivity index (χ2v) is 3.05. The summed E-state index contributed by atoms with van der Waals surface area (Å²) >= 11 is 0. The van der Waals surface area contributed by atoms with Crippen molar-refractivity contribution in [3.8, 4) is 0 Å². The van der Waals surface area contributed by atoms with Gasteiger partial charge in [-0.15, -0.1) is 0 Å². The molecule has 1 rings (SSSR count). The molecule has 0 aliphatic rings. The van der Waals surface area contributed by atoms with Crippen LogP contribution in [0.15, 0.2) is 12.1 Å². The number of rotatable bonds is 2. The molecule has 0 heterocycles. The summed E-state index contributed by atoms with van der Waals surface area (Å²) in [5, 5.41) is 0. The minimum Gasteiger partial charge on any atom is -0.328 e. The molecule has 13 heavy (non-hydrogen) atoms. The van der Waals surface area contributed by atoms with Gasteiger partial charge in [-0.1, -0.05) is 0 Å². The third-order valence-corrected chi connectivity index (χ3v) is 1.60. The summed E-state index contributed by atoms with van der Waals surface area (Å²) in [6.07, 6.45) is 0.327. The van der Waals surface area contributed by atoms with Gasteiger partial charge >= 0.3 is 0 Å². The first-order valence-electron chi connectivity index (χ1n) is 3.89. The fourth-order valence-electron chi connectivity index (χ4n) is 1.10. The van der Waals surface area contributed by atoms with E-state index in [2.05, 4.69) is 0 Å². The summed E-state index contributed by atoms with van der Waals surface area (Å²) in [5.74, 6) is -3.78. The molecule has 0 saturated heterocycles. The molecule has 0 aliphatic carbocycles. The van der Waals surface area contributed by atoms with Gasteiger partial charge < -0.3 is 5.73 Å². The molecule has 0 saturated carbocycles. The molecule has 2 N–H and O–H groups in total. The first-order chi connectivity index (χ1) is 6.00. The van der Waals surface area contributed by atoms with Crippen LogP contribution in [0.4, 0.5) is 13.2 Å². The summed E-state index contributed by atoms with van der Waals surface area (Å²) in [5.41, 5.74) is 5.79. The molecule has 1 nitrogen and oxygen atoms in total. The molecule has 1 unspecified atom stereocenters. The highest BCUT2D eigenvalue weighted by Crippen LogP contribution is 2.14. The molecule has 0 spiro atoms. The molecule has 1 atom stereocenters. The van der Waals surface area contributed by atoms with Crippen LogP contribution in [0.5, 0.6) is 0 Å². The molecule has 0 bridgehead atoms. The predicted octanol–water partition coefficient (Wildman–Crippen LogP) is 1.99. The van der Waals surface area contributed by atoms with E-state index < -0.39 is 17.5 Å². The Bertz CT molecular complexity index is 287. The number of halogens is 3. The zero-order valence-corrected chi connectivity index (χ0v) is 7.15. The molecule has 0 fully saturated rings. The molecule has 1 aromatic rings. The van der Waals surface area contributed by atoms with Crippen LogP contribution >= 0.6 is 0 Å². The molecular formula is C9H10F3N. The highest BCUT2D eigenvalue weighted by Gasteiger charge is 2.10. The van der Waals surface area contributed by atoms with Gasteiger partial charge in [-0.3, -0.25) is 0 Å². The summed E-state index contributed by atoms with van der Waals surface area (Å²) in [7, 11) is 0. The van der Waals surface area contributed by atoms with Crippen LogP contribution in [-0.2, 0) is 6.42 Å². The normalized spacial score (nSPS) is 13.0. The van der Waals surface area contributed by atoms with Gasteiger partial charge in [0.1, 0.15) is 0 Å². The molecule has 1 aromatic carbocycles. The van der Waals surface area contributed by atoms with Gasteiger partial charge in [0.05, 0.1) is 0 Å². The zero-order valence-electron chi connectivity index (χ0n) is 7.15. The molecule has 72 valence electrons. The predicted molar refractivity (Wildman–Crippen MR) is 43.7 cm³/mol. The maximum Gasteiger partial charge on any atom is 0.194 e. The van der Waals surface area contributed by atoms with E-state index in [1.165, 1.54) is 0 Å². The van der Waals surface area contributed by atoms with E-state index in [-0.39, 0.29) is 6.04 Å². The second kappa shape index (κ2) is 3.79. The van der Waals surface area contributed by atoms with E-state index in [1.54, 1.807) is 6.92 Å². The van der Waals surface area contributed by atoms with Crippen LogP contribution < -0.4 is 5.73 Å².